The molecule has 2 amide bonds. The third-order valence-electron chi connectivity index (χ3n) is 3.76. The molecule has 9 nitrogen and oxygen atoms in total. The highest BCUT2D eigenvalue weighted by Crippen LogP contribution is 2.25. The molecule has 0 spiro atoms. The fourth-order valence-corrected chi connectivity index (χ4v) is 2.51. The standard InChI is InChI=1S/C19H20N4O5S/c1-12(2)15-8-3-4-9-16(15)28-11-17(24)21-22-19(29)20-18(25)13-6-5-7-14(10-13)23(26)27/h3-10,12H,11H2,1-2H3,(H,21,24)(H2,20,22,25,29). The minimum Gasteiger partial charge on any atom is -0.483 e. The Bertz CT molecular complexity index is 932. The molecule has 0 fully saturated rings. The first-order valence-electron chi connectivity index (χ1n) is 8.64. The van der Waals surface area contributed by atoms with Gasteiger partial charge in [-0.1, -0.05) is 38.1 Å². The van der Waals surface area contributed by atoms with E-state index in [4.69, 9.17) is 17.0 Å². The molecule has 2 rings (SSSR count). The molecule has 2 aromatic rings. The fraction of sp³-hybridized carbons (Fsp3) is 0.211. The predicted octanol–water partition coefficient (Wildman–Crippen LogP) is 2.43. The number of amides is 2. The van der Waals surface area contributed by atoms with Crippen molar-refractivity contribution in [3.63, 3.8) is 0 Å². The summed E-state index contributed by atoms with van der Waals surface area (Å²) in [5.74, 6) is -0.304. The molecular weight excluding hydrogens is 396 g/mol. The van der Waals surface area contributed by atoms with Gasteiger partial charge in [-0.25, -0.2) is 0 Å². The van der Waals surface area contributed by atoms with Crippen molar-refractivity contribution in [2.24, 2.45) is 0 Å². The molecule has 0 aliphatic carbocycles. The topological polar surface area (TPSA) is 123 Å². The second kappa shape index (κ2) is 10.1. The van der Waals surface area contributed by atoms with Crippen LogP contribution in [0.3, 0.4) is 0 Å². The maximum Gasteiger partial charge on any atom is 0.276 e. The highest BCUT2D eigenvalue weighted by atomic mass is 32.1. The number of carbonyl (C=O) groups is 2. The summed E-state index contributed by atoms with van der Waals surface area (Å²) in [5.41, 5.74) is 5.51. The summed E-state index contributed by atoms with van der Waals surface area (Å²) in [6.45, 7) is 3.79. The van der Waals surface area contributed by atoms with E-state index in [0.717, 1.165) is 11.6 Å². The SMILES string of the molecule is CC(C)c1ccccc1OCC(=O)NNC(=S)NC(=O)c1cccc([N+](=O)[O-])c1. The van der Waals surface area contributed by atoms with Crippen LogP contribution in [-0.4, -0.2) is 28.5 Å². The zero-order valence-corrected chi connectivity index (χ0v) is 16.6. The van der Waals surface area contributed by atoms with Crippen LogP contribution < -0.4 is 20.9 Å². The lowest BCUT2D eigenvalue weighted by Crippen LogP contribution is -2.49. The van der Waals surface area contributed by atoms with Crippen molar-refractivity contribution in [3.8, 4) is 5.75 Å². The number of hydrogen-bond donors (Lipinski definition) is 3. The number of rotatable bonds is 6. The lowest BCUT2D eigenvalue weighted by molar-refractivity contribution is -0.384. The third-order valence-corrected chi connectivity index (χ3v) is 3.97. The van der Waals surface area contributed by atoms with Crippen molar-refractivity contribution in [2.75, 3.05) is 6.61 Å². The van der Waals surface area contributed by atoms with Crippen LogP contribution in [0.5, 0.6) is 5.75 Å². The highest BCUT2D eigenvalue weighted by Gasteiger charge is 2.13. The summed E-state index contributed by atoms with van der Waals surface area (Å²) in [6.07, 6.45) is 0. The lowest BCUT2D eigenvalue weighted by Gasteiger charge is -2.14. The van der Waals surface area contributed by atoms with Crippen molar-refractivity contribution in [2.45, 2.75) is 19.8 Å². The molecule has 29 heavy (non-hydrogen) atoms. The second-order valence-corrected chi connectivity index (χ2v) is 6.65. The number of nitrogens with one attached hydrogen (secondary N) is 3. The van der Waals surface area contributed by atoms with Gasteiger partial charge in [-0.2, -0.15) is 0 Å². The molecule has 2 aromatic carbocycles. The van der Waals surface area contributed by atoms with Crippen molar-refractivity contribution < 1.29 is 19.2 Å². The van der Waals surface area contributed by atoms with Gasteiger partial charge < -0.3 is 4.74 Å². The summed E-state index contributed by atoms with van der Waals surface area (Å²) >= 11 is 4.93. The smallest absolute Gasteiger partial charge is 0.276 e. The summed E-state index contributed by atoms with van der Waals surface area (Å²) in [4.78, 5) is 34.2. The molecule has 0 atom stereocenters. The zero-order chi connectivity index (χ0) is 21.4. The van der Waals surface area contributed by atoms with Crippen LogP contribution in [0, 0.1) is 10.1 Å². The van der Waals surface area contributed by atoms with E-state index >= 15 is 0 Å². The average molecular weight is 416 g/mol. The van der Waals surface area contributed by atoms with E-state index in [9.17, 15) is 19.7 Å². The number of ether oxygens (including phenoxy) is 1. The maximum absolute atomic E-state index is 12.1. The largest absolute Gasteiger partial charge is 0.483 e. The summed E-state index contributed by atoms with van der Waals surface area (Å²) < 4.78 is 5.53. The van der Waals surface area contributed by atoms with Crippen molar-refractivity contribution >= 4 is 34.8 Å². The maximum atomic E-state index is 12.1. The Morgan fingerprint density at radius 2 is 1.86 bits per heavy atom. The van der Waals surface area contributed by atoms with Gasteiger partial charge in [0, 0.05) is 17.7 Å². The minimum absolute atomic E-state index is 0.0586. The number of nitrogens with zero attached hydrogens (tertiary/aromatic N) is 1. The highest BCUT2D eigenvalue weighted by molar-refractivity contribution is 7.80. The van der Waals surface area contributed by atoms with Crippen LogP contribution in [0.15, 0.2) is 48.5 Å². The Hall–Kier alpha value is -3.53. The van der Waals surface area contributed by atoms with Gasteiger partial charge in [0.25, 0.3) is 17.5 Å². The fourth-order valence-electron chi connectivity index (χ4n) is 2.36. The van der Waals surface area contributed by atoms with E-state index in [-0.39, 0.29) is 28.9 Å². The first kappa shape index (κ1) is 21.8. The molecule has 0 aliphatic rings. The predicted molar refractivity (Wildman–Crippen MR) is 110 cm³/mol. The number of hydrazine groups is 1. The molecular formula is C19H20N4O5S. The molecule has 0 aromatic heterocycles. The van der Waals surface area contributed by atoms with Gasteiger partial charge in [0.2, 0.25) is 0 Å². The van der Waals surface area contributed by atoms with Crippen LogP contribution in [0.1, 0.15) is 35.7 Å². The van der Waals surface area contributed by atoms with Crippen LogP contribution >= 0.6 is 12.2 Å². The quantitative estimate of drug-likeness (QED) is 0.375. The van der Waals surface area contributed by atoms with Gasteiger partial charge in [0.15, 0.2) is 11.7 Å². The summed E-state index contributed by atoms with van der Waals surface area (Å²) in [5, 5.41) is 12.9. The van der Waals surface area contributed by atoms with Crippen LogP contribution in [0.4, 0.5) is 5.69 Å². The van der Waals surface area contributed by atoms with Gasteiger partial charge in [0.05, 0.1) is 4.92 Å². The van der Waals surface area contributed by atoms with E-state index in [1.807, 2.05) is 32.0 Å². The molecule has 0 heterocycles. The van der Waals surface area contributed by atoms with E-state index in [0.29, 0.717) is 5.75 Å². The van der Waals surface area contributed by atoms with Gasteiger partial charge >= 0.3 is 0 Å². The van der Waals surface area contributed by atoms with Crippen LogP contribution in [0.2, 0.25) is 0 Å². The van der Waals surface area contributed by atoms with Crippen LogP contribution in [-0.2, 0) is 4.79 Å². The number of hydrogen-bond acceptors (Lipinski definition) is 6. The molecule has 3 N–H and O–H groups in total. The van der Waals surface area contributed by atoms with Gasteiger partial charge in [-0.15, -0.1) is 0 Å². The molecule has 152 valence electrons. The second-order valence-electron chi connectivity index (χ2n) is 6.25. The van der Waals surface area contributed by atoms with E-state index in [2.05, 4.69) is 16.2 Å². The Labute approximate surface area is 172 Å². The number of para-hydroxylation sites is 1. The Balaban J connectivity index is 1.82. The first-order chi connectivity index (χ1) is 13.8. The van der Waals surface area contributed by atoms with Gasteiger partial charge in [0.1, 0.15) is 5.75 Å². The Morgan fingerprint density at radius 1 is 1.14 bits per heavy atom. The van der Waals surface area contributed by atoms with Crippen molar-refractivity contribution in [3.05, 3.63) is 69.8 Å². The van der Waals surface area contributed by atoms with Gasteiger partial charge in [-0.3, -0.25) is 35.9 Å². The molecule has 0 saturated heterocycles. The number of non-ortho nitro benzene ring substituents is 1. The normalized spacial score (nSPS) is 10.2. The monoisotopic (exact) mass is 416 g/mol. The first-order valence-corrected chi connectivity index (χ1v) is 9.05. The van der Waals surface area contributed by atoms with Crippen molar-refractivity contribution in [1.29, 1.82) is 0 Å². The lowest BCUT2D eigenvalue weighted by atomic mass is 10.0. The van der Waals surface area contributed by atoms with E-state index in [1.54, 1.807) is 6.07 Å². The molecule has 10 heteroatoms. The summed E-state index contributed by atoms with van der Waals surface area (Å²) in [6, 6.07) is 12.6. The molecule has 0 radical (unpaired) electrons. The van der Waals surface area contributed by atoms with Crippen molar-refractivity contribution in [1.82, 2.24) is 16.2 Å². The number of carbonyl (C=O) groups excluding carboxylic acids is 2. The number of benzene rings is 2. The van der Waals surface area contributed by atoms with E-state index < -0.39 is 16.7 Å². The zero-order valence-electron chi connectivity index (χ0n) is 15.8. The molecule has 0 aliphatic heterocycles. The number of nitro benzene ring substituents is 1. The van der Waals surface area contributed by atoms with Gasteiger partial charge in [-0.05, 0) is 35.8 Å². The number of thiocarbonyl (C=S) groups is 1. The third kappa shape index (κ3) is 6.54. The molecule has 0 unspecified atom stereocenters. The summed E-state index contributed by atoms with van der Waals surface area (Å²) in [7, 11) is 0. The molecule has 0 saturated carbocycles. The van der Waals surface area contributed by atoms with Crippen LogP contribution in [0.25, 0.3) is 0 Å². The number of nitro groups is 1. The Kier molecular flexibility index (Phi) is 7.61. The Morgan fingerprint density at radius 3 is 2.55 bits per heavy atom. The molecule has 0 bridgehead atoms. The average Bonchev–Trinajstić information content (AvgIpc) is 2.70. The minimum atomic E-state index is -0.650. The van der Waals surface area contributed by atoms with E-state index in [1.165, 1.54) is 18.2 Å².